The van der Waals surface area contributed by atoms with Crippen LogP contribution < -0.4 is 9.61 Å². The second-order valence-corrected chi connectivity index (χ2v) is 10.0. The summed E-state index contributed by atoms with van der Waals surface area (Å²) in [6.07, 6.45) is 3.43. The van der Waals surface area contributed by atoms with Crippen LogP contribution in [-0.4, -0.2) is 44.7 Å². The van der Waals surface area contributed by atoms with Crippen LogP contribution in [0.1, 0.15) is 46.5 Å². The zero-order valence-corrected chi connectivity index (χ0v) is 20.9. The quantitative estimate of drug-likeness (QED) is 0.268. The molecule has 0 saturated carbocycles. The lowest BCUT2D eigenvalue weighted by Gasteiger charge is -2.24. The van der Waals surface area contributed by atoms with E-state index in [1.165, 1.54) is 0 Å². The van der Waals surface area contributed by atoms with Crippen LogP contribution in [0.15, 0.2) is 28.7 Å². The van der Waals surface area contributed by atoms with Crippen molar-refractivity contribution in [2.45, 2.75) is 58.8 Å². The lowest BCUT2D eigenvalue weighted by Crippen LogP contribution is -2.36. The maximum Gasteiger partial charge on any atom is 0.459 e. The minimum Gasteiger partial charge on any atom is -0.464 e. The van der Waals surface area contributed by atoms with Gasteiger partial charge in [-0.2, -0.15) is 5.09 Å². The fourth-order valence-corrected chi connectivity index (χ4v) is 4.87. The second kappa shape index (κ2) is 13.6. The van der Waals surface area contributed by atoms with E-state index in [-0.39, 0.29) is 6.61 Å². The normalized spacial score (nSPS) is 17.5. The van der Waals surface area contributed by atoms with E-state index in [0.29, 0.717) is 31.5 Å². The summed E-state index contributed by atoms with van der Waals surface area (Å²) < 4.78 is 41.5. The van der Waals surface area contributed by atoms with E-state index in [2.05, 4.69) is 34.9 Å². The monoisotopic (exact) mass is 521 g/mol. The summed E-state index contributed by atoms with van der Waals surface area (Å²) in [6, 6.07) is 5.90. The SMILES string of the molecule is CCCC(CCC)COC(=O)[C@H](C)NP(=O)(OCC1OCCO1)Oc1ccc(Br)cc1. The van der Waals surface area contributed by atoms with E-state index < -0.39 is 26.0 Å². The van der Waals surface area contributed by atoms with Gasteiger partial charge in [0.2, 0.25) is 0 Å². The largest absolute Gasteiger partial charge is 0.464 e. The molecule has 0 spiro atoms. The molecule has 0 radical (unpaired) electrons. The van der Waals surface area contributed by atoms with Gasteiger partial charge < -0.3 is 18.7 Å². The van der Waals surface area contributed by atoms with Crippen LogP contribution in [-0.2, 0) is 28.1 Å². The fourth-order valence-electron chi connectivity index (χ4n) is 3.13. The molecule has 176 valence electrons. The number of ether oxygens (including phenoxy) is 3. The Balaban J connectivity index is 1.99. The topological polar surface area (TPSA) is 92.3 Å². The summed E-state index contributed by atoms with van der Waals surface area (Å²) in [4.78, 5) is 12.5. The van der Waals surface area contributed by atoms with Gasteiger partial charge in [0, 0.05) is 4.47 Å². The van der Waals surface area contributed by atoms with E-state index >= 15 is 0 Å². The van der Waals surface area contributed by atoms with Crippen molar-refractivity contribution < 1.29 is 32.6 Å². The molecular weight excluding hydrogens is 489 g/mol. The molecule has 2 atom stereocenters. The van der Waals surface area contributed by atoms with Crippen molar-refractivity contribution in [2.75, 3.05) is 26.4 Å². The van der Waals surface area contributed by atoms with Crippen LogP contribution in [0, 0.1) is 5.92 Å². The first-order valence-electron chi connectivity index (χ1n) is 10.7. The molecule has 1 unspecified atom stereocenters. The number of esters is 1. The molecule has 1 fully saturated rings. The Morgan fingerprint density at radius 1 is 1.19 bits per heavy atom. The molecule has 1 aromatic rings. The first kappa shape index (κ1) is 26.3. The van der Waals surface area contributed by atoms with Crippen LogP contribution in [0.3, 0.4) is 0 Å². The van der Waals surface area contributed by atoms with E-state index in [4.69, 9.17) is 23.3 Å². The van der Waals surface area contributed by atoms with Crippen molar-refractivity contribution in [3.8, 4) is 5.75 Å². The minimum absolute atomic E-state index is 0.0996. The first-order chi connectivity index (χ1) is 14.8. The Bertz CT molecular complexity index is 706. The molecule has 0 bridgehead atoms. The highest BCUT2D eigenvalue weighted by Crippen LogP contribution is 2.45. The third-order valence-corrected chi connectivity index (χ3v) is 6.84. The number of nitrogens with one attached hydrogen (secondary N) is 1. The van der Waals surface area contributed by atoms with Crippen LogP contribution in [0.4, 0.5) is 0 Å². The van der Waals surface area contributed by atoms with Gasteiger partial charge in [-0.3, -0.25) is 9.32 Å². The third kappa shape index (κ3) is 9.60. The Morgan fingerprint density at radius 2 is 1.81 bits per heavy atom. The molecule has 0 aliphatic carbocycles. The smallest absolute Gasteiger partial charge is 0.459 e. The molecule has 1 aromatic carbocycles. The van der Waals surface area contributed by atoms with Gasteiger partial charge in [0.25, 0.3) is 0 Å². The highest BCUT2D eigenvalue weighted by atomic mass is 79.9. The minimum atomic E-state index is -3.92. The van der Waals surface area contributed by atoms with Crippen LogP contribution in [0.25, 0.3) is 0 Å². The molecule has 2 rings (SSSR count). The van der Waals surface area contributed by atoms with Gasteiger partial charge in [0.15, 0.2) is 6.29 Å². The average molecular weight is 522 g/mol. The number of hydrogen-bond acceptors (Lipinski definition) is 7. The van der Waals surface area contributed by atoms with Crippen molar-refractivity contribution in [3.63, 3.8) is 0 Å². The Labute approximate surface area is 193 Å². The number of rotatable bonds is 14. The second-order valence-electron chi connectivity index (χ2n) is 7.43. The van der Waals surface area contributed by atoms with Crippen LogP contribution in [0.5, 0.6) is 5.75 Å². The first-order valence-corrected chi connectivity index (χ1v) is 13.1. The lowest BCUT2D eigenvalue weighted by molar-refractivity contribution is -0.146. The van der Waals surface area contributed by atoms with Gasteiger partial charge in [-0.05, 0) is 49.9 Å². The van der Waals surface area contributed by atoms with E-state index in [1.54, 1.807) is 31.2 Å². The van der Waals surface area contributed by atoms with Crippen molar-refractivity contribution in [2.24, 2.45) is 5.92 Å². The predicted octanol–water partition coefficient (Wildman–Crippen LogP) is 5.06. The molecule has 10 heteroatoms. The molecule has 0 aromatic heterocycles. The number of carbonyl (C=O) groups is 1. The van der Waals surface area contributed by atoms with Crippen molar-refractivity contribution >= 4 is 29.6 Å². The summed E-state index contributed by atoms with van der Waals surface area (Å²) in [6.45, 7) is 6.92. The molecule has 1 N–H and O–H groups in total. The van der Waals surface area contributed by atoms with Gasteiger partial charge in [0.05, 0.1) is 19.8 Å². The average Bonchev–Trinajstić information content (AvgIpc) is 3.26. The molecule has 8 nitrogen and oxygen atoms in total. The fraction of sp³-hybridized carbons (Fsp3) is 0.667. The van der Waals surface area contributed by atoms with Gasteiger partial charge >= 0.3 is 13.7 Å². The molecule has 1 saturated heterocycles. The zero-order valence-electron chi connectivity index (χ0n) is 18.4. The Morgan fingerprint density at radius 3 is 2.39 bits per heavy atom. The van der Waals surface area contributed by atoms with Gasteiger partial charge in [-0.25, -0.2) is 4.57 Å². The summed E-state index contributed by atoms with van der Waals surface area (Å²) in [5, 5.41) is 2.68. The molecule has 1 heterocycles. The van der Waals surface area contributed by atoms with Crippen LogP contribution in [0.2, 0.25) is 0 Å². The van der Waals surface area contributed by atoms with Crippen LogP contribution >= 0.6 is 23.7 Å². The summed E-state index contributed by atoms with van der Waals surface area (Å²) in [5.74, 6) is 0.150. The standard InChI is InChI=1S/C21H33BrNO7P/c1-4-6-17(7-5-2)14-28-21(24)16(3)23-31(25,29-15-20-26-12-13-27-20)30-19-10-8-18(22)9-11-19/h8-11,16-17,20H,4-7,12-15H2,1-3H3,(H,23,25)/t16-,31?/m0/s1. The highest BCUT2D eigenvalue weighted by Gasteiger charge is 2.34. The third-order valence-electron chi connectivity index (χ3n) is 4.67. The Hall–Kier alpha value is -0.960. The van der Waals surface area contributed by atoms with Gasteiger partial charge in [-0.1, -0.05) is 42.6 Å². The summed E-state index contributed by atoms with van der Waals surface area (Å²) >= 11 is 3.35. The lowest BCUT2D eigenvalue weighted by atomic mass is 9.99. The molecule has 31 heavy (non-hydrogen) atoms. The molecule has 0 amide bonds. The summed E-state index contributed by atoms with van der Waals surface area (Å²) in [5.41, 5.74) is 0. The van der Waals surface area contributed by atoms with Crippen molar-refractivity contribution in [1.29, 1.82) is 0 Å². The molecule has 1 aliphatic heterocycles. The molecular formula is C21H33BrNO7P. The highest BCUT2D eigenvalue weighted by molar-refractivity contribution is 9.10. The van der Waals surface area contributed by atoms with Crippen molar-refractivity contribution in [1.82, 2.24) is 5.09 Å². The van der Waals surface area contributed by atoms with E-state index in [1.807, 2.05) is 0 Å². The predicted molar refractivity (Wildman–Crippen MR) is 121 cm³/mol. The summed E-state index contributed by atoms with van der Waals surface area (Å²) in [7, 11) is -3.92. The maximum absolute atomic E-state index is 13.4. The number of carbonyl (C=O) groups excluding carboxylic acids is 1. The maximum atomic E-state index is 13.4. The number of halogens is 1. The number of hydrogen-bond donors (Lipinski definition) is 1. The van der Waals surface area contributed by atoms with Crippen molar-refractivity contribution in [3.05, 3.63) is 28.7 Å². The Kier molecular flexibility index (Phi) is 11.5. The van der Waals surface area contributed by atoms with E-state index in [9.17, 15) is 9.36 Å². The number of benzene rings is 1. The zero-order chi connectivity index (χ0) is 22.7. The van der Waals surface area contributed by atoms with Gasteiger partial charge in [0.1, 0.15) is 18.4 Å². The van der Waals surface area contributed by atoms with Gasteiger partial charge in [-0.15, -0.1) is 0 Å². The van der Waals surface area contributed by atoms with E-state index in [0.717, 1.165) is 30.2 Å². The molecule has 1 aliphatic rings.